The van der Waals surface area contributed by atoms with Crippen molar-refractivity contribution in [2.75, 3.05) is 32.8 Å². The fraction of sp³-hybridized carbons (Fsp3) is 0.588. The number of nitrogens with one attached hydrogen (secondary N) is 1. The molecule has 124 valence electrons. The van der Waals surface area contributed by atoms with Crippen LogP contribution in [0.15, 0.2) is 24.3 Å². The highest BCUT2D eigenvalue weighted by Crippen LogP contribution is 2.17. The Balaban J connectivity index is 0.00000242. The van der Waals surface area contributed by atoms with Gasteiger partial charge in [0, 0.05) is 13.1 Å². The molecule has 0 radical (unpaired) electrons. The Labute approximate surface area is 139 Å². The third-order valence-corrected chi connectivity index (χ3v) is 4.03. The lowest BCUT2D eigenvalue weighted by Crippen LogP contribution is -2.42. The van der Waals surface area contributed by atoms with Crippen molar-refractivity contribution in [3.05, 3.63) is 29.8 Å². The molecule has 4 nitrogen and oxygen atoms in total. The molecule has 1 aromatic rings. The number of carbonyl (C=O) groups excluding carboxylic acids is 1. The summed E-state index contributed by atoms with van der Waals surface area (Å²) in [4.78, 5) is 14.1. The molecule has 0 aliphatic carbocycles. The lowest BCUT2D eigenvalue weighted by Gasteiger charge is -2.32. The number of likely N-dealkylation sites (tertiary alicyclic amines) is 1. The predicted octanol–water partition coefficient (Wildman–Crippen LogP) is 2.64. The summed E-state index contributed by atoms with van der Waals surface area (Å²) in [5, 5.41) is 3.39. The quantitative estimate of drug-likeness (QED) is 0.873. The van der Waals surface area contributed by atoms with Gasteiger partial charge in [0.25, 0.3) is 5.91 Å². The standard InChI is InChI=1S/C17H26N2O2.ClH/c1-3-18-12-15-8-10-19(11-9-15)17(20)13-21-16-6-4-14(2)5-7-16;/h4-7,15,18H,3,8-13H2,1-2H3;1H. The molecule has 1 N–H and O–H groups in total. The van der Waals surface area contributed by atoms with Gasteiger partial charge >= 0.3 is 0 Å². The van der Waals surface area contributed by atoms with E-state index in [1.54, 1.807) is 0 Å². The van der Waals surface area contributed by atoms with Crippen molar-refractivity contribution >= 4 is 18.3 Å². The van der Waals surface area contributed by atoms with Gasteiger partial charge in [-0.15, -0.1) is 12.4 Å². The Morgan fingerprint density at radius 3 is 2.50 bits per heavy atom. The molecule has 1 aliphatic heterocycles. The van der Waals surface area contributed by atoms with E-state index in [1.807, 2.05) is 36.1 Å². The molecule has 2 rings (SSSR count). The van der Waals surface area contributed by atoms with Crippen LogP contribution in [0.5, 0.6) is 5.75 Å². The second kappa shape index (κ2) is 9.70. The van der Waals surface area contributed by atoms with Crippen LogP contribution in [0, 0.1) is 12.8 Å². The predicted molar refractivity (Wildman–Crippen MR) is 91.8 cm³/mol. The molecule has 0 unspecified atom stereocenters. The number of piperidine rings is 1. The minimum absolute atomic E-state index is 0. The van der Waals surface area contributed by atoms with Crippen molar-refractivity contribution < 1.29 is 9.53 Å². The van der Waals surface area contributed by atoms with E-state index >= 15 is 0 Å². The number of halogens is 1. The summed E-state index contributed by atoms with van der Waals surface area (Å²) in [6, 6.07) is 7.80. The highest BCUT2D eigenvalue weighted by molar-refractivity contribution is 5.85. The van der Waals surface area contributed by atoms with Gasteiger partial charge in [0.05, 0.1) is 0 Å². The van der Waals surface area contributed by atoms with Crippen LogP contribution in [-0.4, -0.2) is 43.6 Å². The number of rotatable bonds is 6. The van der Waals surface area contributed by atoms with Gasteiger partial charge in [-0.3, -0.25) is 4.79 Å². The third kappa shape index (κ3) is 5.85. The first-order valence-electron chi connectivity index (χ1n) is 7.87. The Bertz CT molecular complexity index is 442. The Hall–Kier alpha value is -1.26. The molecule has 1 aliphatic rings. The van der Waals surface area contributed by atoms with Gasteiger partial charge in [0.1, 0.15) is 5.75 Å². The smallest absolute Gasteiger partial charge is 0.260 e. The van der Waals surface area contributed by atoms with Gasteiger partial charge in [-0.2, -0.15) is 0 Å². The molecule has 1 saturated heterocycles. The van der Waals surface area contributed by atoms with Crippen LogP contribution in [0.1, 0.15) is 25.3 Å². The minimum atomic E-state index is 0. The monoisotopic (exact) mass is 326 g/mol. The first-order chi connectivity index (χ1) is 10.2. The number of hydrogen-bond acceptors (Lipinski definition) is 3. The molecule has 1 fully saturated rings. The molecular formula is C17H27ClN2O2. The SMILES string of the molecule is CCNCC1CCN(C(=O)COc2ccc(C)cc2)CC1.Cl. The topological polar surface area (TPSA) is 41.6 Å². The summed E-state index contributed by atoms with van der Waals surface area (Å²) in [5.41, 5.74) is 1.19. The second-order valence-electron chi connectivity index (χ2n) is 5.73. The van der Waals surface area contributed by atoms with Crippen molar-refractivity contribution in [3.63, 3.8) is 0 Å². The van der Waals surface area contributed by atoms with E-state index < -0.39 is 0 Å². The number of hydrogen-bond donors (Lipinski definition) is 1. The number of carbonyl (C=O) groups is 1. The van der Waals surface area contributed by atoms with Gasteiger partial charge in [-0.25, -0.2) is 0 Å². The maximum Gasteiger partial charge on any atom is 0.260 e. The van der Waals surface area contributed by atoms with Gasteiger partial charge in [0.2, 0.25) is 0 Å². The summed E-state index contributed by atoms with van der Waals surface area (Å²) >= 11 is 0. The summed E-state index contributed by atoms with van der Waals surface area (Å²) in [7, 11) is 0. The van der Waals surface area contributed by atoms with E-state index in [2.05, 4.69) is 12.2 Å². The molecule has 1 aromatic carbocycles. The first kappa shape index (κ1) is 18.8. The van der Waals surface area contributed by atoms with Crippen LogP contribution in [-0.2, 0) is 4.79 Å². The zero-order valence-electron chi connectivity index (χ0n) is 13.5. The molecule has 0 atom stereocenters. The summed E-state index contributed by atoms with van der Waals surface area (Å²) in [6.45, 7) is 8.09. The fourth-order valence-electron chi connectivity index (χ4n) is 2.61. The lowest BCUT2D eigenvalue weighted by atomic mass is 9.97. The van der Waals surface area contributed by atoms with E-state index in [1.165, 1.54) is 5.56 Å². The van der Waals surface area contributed by atoms with Crippen LogP contribution in [0.3, 0.4) is 0 Å². The number of benzene rings is 1. The van der Waals surface area contributed by atoms with E-state index in [0.29, 0.717) is 5.92 Å². The van der Waals surface area contributed by atoms with Gasteiger partial charge < -0.3 is 15.0 Å². The molecule has 0 aromatic heterocycles. The van der Waals surface area contributed by atoms with Crippen LogP contribution in [0.4, 0.5) is 0 Å². The fourth-order valence-corrected chi connectivity index (χ4v) is 2.61. The Morgan fingerprint density at radius 1 is 1.27 bits per heavy atom. The molecule has 0 spiro atoms. The minimum Gasteiger partial charge on any atom is -0.484 e. The largest absolute Gasteiger partial charge is 0.484 e. The summed E-state index contributed by atoms with van der Waals surface area (Å²) in [5.74, 6) is 1.56. The van der Waals surface area contributed by atoms with Gasteiger partial charge in [-0.1, -0.05) is 24.6 Å². The van der Waals surface area contributed by atoms with Crippen molar-refractivity contribution in [1.29, 1.82) is 0 Å². The van der Waals surface area contributed by atoms with E-state index in [0.717, 1.165) is 44.8 Å². The van der Waals surface area contributed by atoms with Gasteiger partial charge in [-0.05, 0) is 50.9 Å². The zero-order chi connectivity index (χ0) is 15.1. The van der Waals surface area contributed by atoms with E-state index in [4.69, 9.17) is 4.74 Å². The van der Waals surface area contributed by atoms with Crippen LogP contribution in [0.2, 0.25) is 0 Å². The van der Waals surface area contributed by atoms with Crippen molar-refractivity contribution in [2.24, 2.45) is 5.92 Å². The van der Waals surface area contributed by atoms with Crippen LogP contribution >= 0.6 is 12.4 Å². The van der Waals surface area contributed by atoms with Crippen molar-refractivity contribution in [2.45, 2.75) is 26.7 Å². The Kier molecular flexibility index (Phi) is 8.28. The van der Waals surface area contributed by atoms with E-state index in [-0.39, 0.29) is 24.9 Å². The average Bonchev–Trinajstić information content (AvgIpc) is 2.52. The van der Waals surface area contributed by atoms with Gasteiger partial charge in [0.15, 0.2) is 6.61 Å². The Morgan fingerprint density at radius 2 is 1.91 bits per heavy atom. The van der Waals surface area contributed by atoms with Crippen LogP contribution < -0.4 is 10.1 Å². The third-order valence-electron chi connectivity index (χ3n) is 4.03. The molecular weight excluding hydrogens is 300 g/mol. The maximum atomic E-state index is 12.1. The molecule has 22 heavy (non-hydrogen) atoms. The number of aryl methyl sites for hydroxylation is 1. The number of nitrogens with zero attached hydrogens (tertiary/aromatic N) is 1. The summed E-state index contributed by atoms with van der Waals surface area (Å²) < 4.78 is 5.56. The number of amides is 1. The maximum absolute atomic E-state index is 12.1. The molecule has 5 heteroatoms. The highest BCUT2D eigenvalue weighted by atomic mass is 35.5. The lowest BCUT2D eigenvalue weighted by molar-refractivity contribution is -0.134. The first-order valence-corrected chi connectivity index (χ1v) is 7.87. The van der Waals surface area contributed by atoms with E-state index in [9.17, 15) is 4.79 Å². The number of ether oxygens (including phenoxy) is 1. The molecule has 1 amide bonds. The van der Waals surface area contributed by atoms with Crippen LogP contribution in [0.25, 0.3) is 0 Å². The highest BCUT2D eigenvalue weighted by Gasteiger charge is 2.22. The second-order valence-corrected chi connectivity index (χ2v) is 5.73. The van der Waals surface area contributed by atoms with Crippen molar-refractivity contribution in [1.82, 2.24) is 10.2 Å². The average molecular weight is 327 g/mol. The molecule has 0 bridgehead atoms. The normalized spacial score (nSPS) is 15.3. The molecule has 0 saturated carbocycles. The summed E-state index contributed by atoms with van der Waals surface area (Å²) in [6.07, 6.45) is 2.17. The zero-order valence-corrected chi connectivity index (χ0v) is 14.3. The molecule has 1 heterocycles. The van der Waals surface area contributed by atoms with Crippen molar-refractivity contribution in [3.8, 4) is 5.75 Å².